The summed E-state index contributed by atoms with van der Waals surface area (Å²) in [5, 5.41) is 2.31. The average Bonchev–Trinajstić information content (AvgIpc) is 2.62. The third-order valence-electron chi connectivity index (χ3n) is 3.73. The molecule has 4 nitrogen and oxygen atoms in total. The van der Waals surface area contributed by atoms with Crippen LogP contribution in [0.2, 0.25) is 5.02 Å². The van der Waals surface area contributed by atoms with Crippen LogP contribution in [0.3, 0.4) is 0 Å². The molecule has 8 heteroatoms. The molecule has 144 valence electrons. The molecule has 1 amide bonds. The Kier molecular flexibility index (Phi) is 6.49. The Bertz CT molecular complexity index is 835. The Morgan fingerprint density at radius 2 is 1.78 bits per heavy atom. The molecule has 0 bridgehead atoms. The molecule has 0 saturated carbocycles. The predicted molar refractivity (Wildman–Crippen MR) is 96.2 cm³/mol. The van der Waals surface area contributed by atoms with Gasteiger partial charge >= 0.3 is 6.18 Å². The van der Waals surface area contributed by atoms with Crippen LogP contribution in [0, 0.1) is 0 Å². The molecule has 1 unspecified atom stereocenters. The first kappa shape index (κ1) is 20.8. The molecular weight excluding hydrogens is 383 g/mol. The molecular formula is C19H17ClF3NO3. The van der Waals surface area contributed by atoms with Gasteiger partial charge in [-0.3, -0.25) is 9.59 Å². The Hall–Kier alpha value is -2.54. The molecule has 1 N–H and O–H groups in total. The van der Waals surface area contributed by atoms with Gasteiger partial charge in [0.05, 0.1) is 16.3 Å². The van der Waals surface area contributed by atoms with Crippen molar-refractivity contribution in [2.45, 2.75) is 32.5 Å². The van der Waals surface area contributed by atoms with E-state index < -0.39 is 23.8 Å². The summed E-state index contributed by atoms with van der Waals surface area (Å²) in [5.41, 5.74) is -0.555. The van der Waals surface area contributed by atoms with E-state index in [0.717, 1.165) is 18.2 Å². The third-order valence-corrected chi connectivity index (χ3v) is 4.06. The number of ketones is 1. The van der Waals surface area contributed by atoms with Gasteiger partial charge in [-0.1, -0.05) is 18.5 Å². The minimum absolute atomic E-state index is 0.0217. The van der Waals surface area contributed by atoms with Gasteiger partial charge in [0.2, 0.25) is 0 Å². The summed E-state index contributed by atoms with van der Waals surface area (Å²) in [6.07, 6.45) is -5.18. The van der Waals surface area contributed by atoms with Gasteiger partial charge < -0.3 is 10.1 Å². The van der Waals surface area contributed by atoms with Crippen molar-refractivity contribution in [3.05, 3.63) is 58.6 Å². The summed E-state index contributed by atoms with van der Waals surface area (Å²) in [7, 11) is 0. The Labute approximate surface area is 159 Å². The number of Topliss-reactive ketones (excluding diaryl/α,β-unsaturated/α-hetero) is 1. The molecule has 1 atom stereocenters. The summed E-state index contributed by atoms with van der Waals surface area (Å²) < 4.78 is 43.8. The number of halogens is 4. The van der Waals surface area contributed by atoms with Gasteiger partial charge in [0, 0.05) is 12.0 Å². The molecule has 0 saturated heterocycles. The molecule has 2 rings (SSSR count). The molecule has 0 fully saturated rings. The number of carbonyl (C=O) groups is 2. The Balaban J connectivity index is 2.07. The number of amides is 1. The summed E-state index contributed by atoms with van der Waals surface area (Å²) >= 11 is 5.86. The number of carbonyl (C=O) groups excluding carboxylic acids is 2. The maximum atomic E-state index is 12.8. The van der Waals surface area contributed by atoms with Crippen LogP contribution in [0.25, 0.3) is 0 Å². The van der Waals surface area contributed by atoms with E-state index in [1.54, 1.807) is 31.2 Å². The lowest BCUT2D eigenvalue weighted by molar-refractivity contribution is -0.137. The maximum Gasteiger partial charge on any atom is 0.416 e. The van der Waals surface area contributed by atoms with Gasteiger partial charge in [0.15, 0.2) is 11.9 Å². The fraction of sp³-hybridized carbons (Fsp3) is 0.263. The van der Waals surface area contributed by atoms with Crippen LogP contribution in [-0.4, -0.2) is 17.8 Å². The summed E-state index contributed by atoms with van der Waals surface area (Å²) in [6.45, 7) is 3.19. The standard InChI is InChI=1S/C19H17ClF3NO3/c1-3-17(25)12-4-7-14(8-5-12)27-11(2)18(26)24-16-10-13(19(21,22)23)6-9-15(16)20/h4-11H,3H2,1-2H3,(H,24,26). The number of hydrogen-bond acceptors (Lipinski definition) is 3. The number of nitrogens with one attached hydrogen (secondary N) is 1. The van der Waals surface area contributed by atoms with Crippen LogP contribution in [0.4, 0.5) is 18.9 Å². The second-order valence-corrected chi connectivity index (χ2v) is 6.15. The average molecular weight is 400 g/mol. The van der Waals surface area contributed by atoms with Crippen LogP contribution in [-0.2, 0) is 11.0 Å². The van der Waals surface area contributed by atoms with Crippen LogP contribution in [0.5, 0.6) is 5.75 Å². The Morgan fingerprint density at radius 3 is 2.33 bits per heavy atom. The number of benzene rings is 2. The second-order valence-electron chi connectivity index (χ2n) is 5.74. The van der Waals surface area contributed by atoms with Gasteiger partial charge in [0.25, 0.3) is 5.91 Å². The second kappa shape index (κ2) is 8.43. The van der Waals surface area contributed by atoms with Crippen molar-refractivity contribution < 1.29 is 27.5 Å². The highest BCUT2D eigenvalue weighted by Crippen LogP contribution is 2.33. The lowest BCUT2D eigenvalue weighted by atomic mass is 10.1. The van der Waals surface area contributed by atoms with Crippen LogP contribution < -0.4 is 10.1 Å². The van der Waals surface area contributed by atoms with Crippen LogP contribution in [0.15, 0.2) is 42.5 Å². The molecule has 2 aromatic carbocycles. The molecule has 0 aromatic heterocycles. The number of alkyl halides is 3. The zero-order valence-electron chi connectivity index (χ0n) is 14.6. The van der Waals surface area contributed by atoms with E-state index in [-0.39, 0.29) is 16.5 Å². The smallest absolute Gasteiger partial charge is 0.416 e. The summed E-state index contributed by atoms with van der Waals surface area (Å²) in [6, 6.07) is 8.91. The van der Waals surface area contributed by atoms with Gasteiger partial charge in [-0.25, -0.2) is 0 Å². The van der Waals surface area contributed by atoms with Gasteiger partial charge in [-0.05, 0) is 49.4 Å². The Morgan fingerprint density at radius 1 is 1.15 bits per heavy atom. The largest absolute Gasteiger partial charge is 0.481 e. The molecule has 0 aliphatic rings. The number of anilines is 1. The minimum Gasteiger partial charge on any atom is -0.481 e. The van der Waals surface area contributed by atoms with E-state index in [0.29, 0.717) is 17.7 Å². The van der Waals surface area contributed by atoms with Crippen molar-refractivity contribution in [3.63, 3.8) is 0 Å². The van der Waals surface area contributed by atoms with Crippen molar-refractivity contribution >= 4 is 29.0 Å². The van der Waals surface area contributed by atoms with Crippen molar-refractivity contribution in [1.29, 1.82) is 0 Å². The number of ether oxygens (including phenoxy) is 1. The third kappa shape index (κ3) is 5.47. The van der Waals surface area contributed by atoms with E-state index in [1.165, 1.54) is 6.92 Å². The van der Waals surface area contributed by atoms with Crippen molar-refractivity contribution in [2.24, 2.45) is 0 Å². The van der Waals surface area contributed by atoms with Gasteiger partial charge in [0.1, 0.15) is 5.75 Å². The number of hydrogen-bond donors (Lipinski definition) is 1. The highest BCUT2D eigenvalue weighted by atomic mass is 35.5. The monoisotopic (exact) mass is 399 g/mol. The van der Waals surface area contributed by atoms with E-state index >= 15 is 0 Å². The zero-order valence-corrected chi connectivity index (χ0v) is 15.3. The fourth-order valence-electron chi connectivity index (χ4n) is 2.21. The molecule has 0 radical (unpaired) electrons. The molecule has 0 spiro atoms. The van der Waals surface area contributed by atoms with Crippen LogP contribution in [0.1, 0.15) is 36.2 Å². The normalized spacial score (nSPS) is 12.4. The lowest BCUT2D eigenvalue weighted by Crippen LogP contribution is -2.30. The zero-order chi connectivity index (χ0) is 20.2. The molecule has 0 aliphatic heterocycles. The molecule has 0 heterocycles. The SMILES string of the molecule is CCC(=O)c1ccc(OC(C)C(=O)Nc2cc(C(F)(F)F)ccc2Cl)cc1. The highest BCUT2D eigenvalue weighted by molar-refractivity contribution is 6.33. The maximum absolute atomic E-state index is 12.8. The minimum atomic E-state index is -4.55. The highest BCUT2D eigenvalue weighted by Gasteiger charge is 2.31. The molecule has 0 aliphatic carbocycles. The van der Waals surface area contributed by atoms with Gasteiger partial charge in [-0.15, -0.1) is 0 Å². The number of rotatable bonds is 6. The van der Waals surface area contributed by atoms with E-state index in [2.05, 4.69) is 5.32 Å². The van der Waals surface area contributed by atoms with Crippen molar-refractivity contribution in [1.82, 2.24) is 0 Å². The predicted octanol–water partition coefficient (Wildman–Crippen LogP) is 5.36. The van der Waals surface area contributed by atoms with E-state index in [9.17, 15) is 22.8 Å². The van der Waals surface area contributed by atoms with Gasteiger partial charge in [-0.2, -0.15) is 13.2 Å². The van der Waals surface area contributed by atoms with Crippen LogP contribution >= 0.6 is 11.6 Å². The quantitative estimate of drug-likeness (QED) is 0.665. The van der Waals surface area contributed by atoms with Crippen molar-refractivity contribution in [2.75, 3.05) is 5.32 Å². The fourth-order valence-corrected chi connectivity index (χ4v) is 2.38. The molecule has 27 heavy (non-hydrogen) atoms. The molecule has 2 aromatic rings. The summed E-state index contributed by atoms with van der Waals surface area (Å²) in [4.78, 5) is 23.8. The van der Waals surface area contributed by atoms with E-state index in [4.69, 9.17) is 16.3 Å². The van der Waals surface area contributed by atoms with Crippen molar-refractivity contribution in [3.8, 4) is 5.75 Å². The first-order chi connectivity index (χ1) is 12.6. The lowest BCUT2D eigenvalue weighted by Gasteiger charge is -2.16. The van der Waals surface area contributed by atoms with E-state index in [1.807, 2.05) is 0 Å². The first-order valence-electron chi connectivity index (χ1n) is 8.09. The first-order valence-corrected chi connectivity index (χ1v) is 8.47. The summed E-state index contributed by atoms with van der Waals surface area (Å²) in [5.74, 6) is -0.336. The topological polar surface area (TPSA) is 55.4 Å².